The molecule has 2 saturated carbocycles. The third-order valence-corrected chi connectivity index (χ3v) is 5.46. The number of halogens is 1. The van der Waals surface area contributed by atoms with Gasteiger partial charge in [-0.1, -0.05) is 24.4 Å². The molecule has 0 amide bonds. The molecule has 2 aliphatic carbocycles. The van der Waals surface area contributed by atoms with E-state index in [0.29, 0.717) is 22.3 Å². The van der Waals surface area contributed by atoms with Crippen LogP contribution in [0.25, 0.3) is 0 Å². The number of thiocarbonyl (C=S) groups is 1. The lowest BCUT2D eigenvalue weighted by atomic mass is 9.91. The fourth-order valence-corrected chi connectivity index (χ4v) is 4.21. The van der Waals surface area contributed by atoms with Crippen molar-refractivity contribution in [3.63, 3.8) is 0 Å². The van der Waals surface area contributed by atoms with E-state index in [0.717, 1.165) is 11.6 Å². The predicted molar refractivity (Wildman–Crippen MR) is 101 cm³/mol. The van der Waals surface area contributed by atoms with Crippen molar-refractivity contribution < 1.29 is 9.53 Å². The smallest absolute Gasteiger partial charge is 0.339 e. The van der Waals surface area contributed by atoms with Crippen molar-refractivity contribution in [1.82, 2.24) is 5.32 Å². The lowest BCUT2D eigenvalue weighted by Gasteiger charge is -2.32. The van der Waals surface area contributed by atoms with Gasteiger partial charge in [-0.3, -0.25) is 0 Å². The molecule has 0 atom stereocenters. The summed E-state index contributed by atoms with van der Waals surface area (Å²) in [6.07, 6.45) is 7.54. The number of hydrogen-bond acceptors (Lipinski definition) is 3. The van der Waals surface area contributed by atoms with Crippen LogP contribution in [0.3, 0.4) is 0 Å². The van der Waals surface area contributed by atoms with Crippen molar-refractivity contribution in [3.05, 3.63) is 28.8 Å². The number of carbonyl (C=O) groups is 1. The fraction of sp³-hybridized carbons (Fsp3) is 0.556. The highest BCUT2D eigenvalue weighted by Gasteiger charge is 2.47. The molecule has 24 heavy (non-hydrogen) atoms. The average molecular weight is 367 g/mol. The quantitative estimate of drug-likeness (QED) is 0.592. The summed E-state index contributed by atoms with van der Waals surface area (Å²) in [7, 11) is 0. The molecular formula is C18H23ClN2O2S. The van der Waals surface area contributed by atoms with Gasteiger partial charge in [0.2, 0.25) is 0 Å². The van der Waals surface area contributed by atoms with Crippen molar-refractivity contribution in [2.24, 2.45) is 5.92 Å². The van der Waals surface area contributed by atoms with Crippen LogP contribution in [-0.4, -0.2) is 23.2 Å². The van der Waals surface area contributed by atoms with Crippen molar-refractivity contribution in [1.29, 1.82) is 0 Å². The Morgan fingerprint density at radius 3 is 2.67 bits per heavy atom. The maximum absolute atomic E-state index is 11.8. The van der Waals surface area contributed by atoms with Crippen molar-refractivity contribution in [2.75, 3.05) is 11.9 Å². The highest BCUT2D eigenvalue weighted by molar-refractivity contribution is 7.80. The minimum absolute atomic E-state index is 0.179. The summed E-state index contributed by atoms with van der Waals surface area (Å²) in [6.45, 7) is 2.09. The maximum Gasteiger partial charge on any atom is 0.339 e. The number of anilines is 1. The van der Waals surface area contributed by atoms with E-state index in [2.05, 4.69) is 10.6 Å². The van der Waals surface area contributed by atoms with Gasteiger partial charge in [0.1, 0.15) is 0 Å². The monoisotopic (exact) mass is 366 g/mol. The van der Waals surface area contributed by atoms with E-state index < -0.39 is 5.97 Å². The zero-order chi connectivity index (χ0) is 17.2. The Morgan fingerprint density at radius 1 is 1.38 bits per heavy atom. The molecule has 0 aliphatic heterocycles. The zero-order valence-electron chi connectivity index (χ0n) is 13.9. The Kier molecular flexibility index (Phi) is 5.30. The fourth-order valence-electron chi connectivity index (χ4n) is 3.63. The van der Waals surface area contributed by atoms with E-state index in [-0.39, 0.29) is 5.54 Å². The second kappa shape index (κ2) is 7.28. The van der Waals surface area contributed by atoms with E-state index in [4.69, 9.17) is 28.6 Å². The summed E-state index contributed by atoms with van der Waals surface area (Å²) in [5, 5.41) is 7.75. The first-order chi connectivity index (χ1) is 11.5. The van der Waals surface area contributed by atoms with Gasteiger partial charge in [0, 0.05) is 11.2 Å². The van der Waals surface area contributed by atoms with E-state index in [1.54, 1.807) is 25.1 Å². The largest absolute Gasteiger partial charge is 0.462 e. The van der Waals surface area contributed by atoms with Gasteiger partial charge in [-0.2, -0.15) is 0 Å². The number of hydrogen-bond donors (Lipinski definition) is 2. The summed E-state index contributed by atoms with van der Waals surface area (Å²) >= 11 is 11.7. The third kappa shape index (κ3) is 3.83. The van der Waals surface area contributed by atoms with Crippen LogP contribution in [0.15, 0.2) is 18.2 Å². The first kappa shape index (κ1) is 17.5. The molecule has 1 aromatic rings. The summed E-state index contributed by atoms with van der Waals surface area (Å²) in [5.74, 6) is 0.350. The maximum atomic E-state index is 11.8. The van der Waals surface area contributed by atoms with E-state index in [9.17, 15) is 4.79 Å². The van der Waals surface area contributed by atoms with Crippen LogP contribution in [0.2, 0.25) is 5.02 Å². The highest BCUT2D eigenvalue weighted by Crippen LogP contribution is 2.48. The molecule has 2 N–H and O–H groups in total. The topological polar surface area (TPSA) is 50.4 Å². The molecule has 0 unspecified atom stereocenters. The first-order valence-corrected chi connectivity index (χ1v) is 9.38. The summed E-state index contributed by atoms with van der Waals surface area (Å²) < 4.78 is 4.98. The minimum atomic E-state index is -0.409. The van der Waals surface area contributed by atoms with Crippen molar-refractivity contribution in [2.45, 2.75) is 51.0 Å². The Hall–Kier alpha value is -1.33. The van der Waals surface area contributed by atoms with Crippen LogP contribution in [0, 0.1) is 5.92 Å². The Balaban J connectivity index is 1.64. The predicted octanol–water partition coefficient (Wildman–Crippen LogP) is 4.53. The molecule has 130 valence electrons. The van der Waals surface area contributed by atoms with Gasteiger partial charge in [0.05, 0.1) is 17.2 Å². The van der Waals surface area contributed by atoms with Crippen LogP contribution in [-0.2, 0) is 4.74 Å². The number of ether oxygens (including phenoxy) is 1. The number of benzene rings is 1. The molecule has 0 bridgehead atoms. The lowest BCUT2D eigenvalue weighted by Crippen LogP contribution is -2.49. The highest BCUT2D eigenvalue weighted by atomic mass is 35.5. The van der Waals surface area contributed by atoms with Crippen molar-refractivity contribution in [3.8, 4) is 0 Å². The molecule has 3 rings (SSSR count). The van der Waals surface area contributed by atoms with Crippen LogP contribution >= 0.6 is 23.8 Å². The zero-order valence-corrected chi connectivity index (χ0v) is 15.4. The second-order valence-electron chi connectivity index (χ2n) is 6.63. The SMILES string of the molecule is CCOC(=O)c1ccc(NC(=S)NC2(C3CC3)CCCC2)cc1Cl. The van der Waals surface area contributed by atoms with Gasteiger partial charge in [-0.05, 0) is 68.9 Å². The van der Waals surface area contributed by atoms with Gasteiger partial charge < -0.3 is 15.4 Å². The minimum Gasteiger partial charge on any atom is -0.462 e. The standard InChI is InChI=1S/C18H23ClN2O2S/c1-2-23-16(22)14-8-7-13(11-15(14)19)20-17(24)21-18(12-5-6-12)9-3-4-10-18/h7-8,11-12H,2-6,9-10H2,1H3,(H2,20,21,24). The molecule has 2 fully saturated rings. The van der Waals surface area contributed by atoms with Crippen LogP contribution < -0.4 is 10.6 Å². The molecular weight excluding hydrogens is 344 g/mol. The molecule has 0 spiro atoms. The first-order valence-electron chi connectivity index (χ1n) is 8.60. The molecule has 4 nitrogen and oxygen atoms in total. The molecule has 0 radical (unpaired) electrons. The van der Waals surface area contributed by atoms with Gasteiger partial charge in [-0.15, -0.1) is 0 Å². The van der Waals surface area contributed by atoms with Crippen molar-refractivity contribution >= 4 is 40.6 Å². The summed E-state index contributed by atoms with van der Waals surface area (Å²) in [6, 6.07) is 5.17. The molecule has 0 saturated heterocycles. The number of esters is 1. The van der Waals surface area contributed by atoms with E-state index in [1.165, 1.54) is 38.5 Å². The van der Waals surface area contributed by atoms with E-state index in [1.807, 2.05) is 0 Å². The number of rotatable bonds is 5. The Labute approximate surface area is 153 Å². The normalized spacial score (nSPS) is 18.9. The molecule has 0 heterocycles. The molecule has 0 aromatic heterocycles. The van der Waals surface area contributed by atoms with Gasteiger partial charge in [0.15, 0.2) is 5.11 Å². The van der Waals surface area contributed by atoms with Gasteiger partial charge in [0.25, 0.3) is 0 Å². The molecule has 2 aliphatic rings. The molecule has 1 aromatic carbocycles. The second-order valence-corrected chi connectivity index (χ2v) is 7.45. The summed E-state index contributed by atoms with van der Waals surface area (Å²) in [5.41, 5.74) is 1.32. The number of nitrogens with one attached hydrogen (secondary N) is 2. The lowest BCUT2D eigenvalue weighted by molar-refractivity contribution is 0.0526. The number of carbonyl (C=O) groups excluding carboxylic acids is 1. The van der Waals surface area contributed by atoms with Crippen LogP contribution in [0.4, 0.5) is 5.69 Å². The third-order valence-electron chi connectivity index (χ3n) is 4.94. The van der Waals surface area contributed by atoms with E-state index >= 15 is 0 Å². The van der Waals surface area contributed by atoms with Gasteiger partial charge in [-0.25, -0.2) is 4.79 Å². The Morgan fingerprint density at radius 2 is 2.08 bits per heavy atom. The summed E-state index contributed by atoms with van der Waals surface area (Å²) in [4.78, 5) is 11.8. The Bertz CT molecular complexity index is 640. The van der Waals surface area contributed by atoms with Gasteiger partial charge >= 0.3 is 5.97 Å². The van der Waals surface area contributed by atoms with Crippen LogP contribution in [0.1, 0.15) is 55.8 Å². The average Bonchev–Trinajstić information content (AvgIpc) is 3.29. The molecule has 6 heteroatoms. The van der Waals surface area contributed by atoms with Crippen LogP contribution in [0.5, 0.6) is 0 Å².